The minimum Gasteiger partial charge on any atom is -0.492 e. The molecule has 1 aromatic heterocycles. The molecule has 0 saturated heterocycles. The molecule has 0 saturated carbocycles. The molecule has 0 radical (unpaired) electrons. The van der Waals surface area contributed by atoms with Crippen molar-refractivity contribution in [2.45, 2.75) is 135 Å². The van der Waals surface area contributed by atoms with Gasteiger partial charge in [0.1, 0.15) is 12.3 Å². The van der Waals surface area contributed by atoms with Gasteiger partial charge in [-0.1, -0.05) is 126 Å². The molecule has 0 amide bonds. The molecule has 5 nitrogen and oxygen atoms in total. The number of sulfonamides is 1. The maximum absolute atomic E-state index is 13.8. The lowest BCUT2D eigenvalue weighted by Gasteiger charge is -2.23. The lowest BCUT2D eigenvalue weighted by molar-refractivity contribution is -0.693. The van der Waals surface area contributed by atoms with E-state index in [1.807, 2.05) is 61.8 Å². The third-order valence-electron chi connectivity index (χ3n) is 8.45. The molecule has 0 aliphatic heterocycles. The molecule has 2 aromatic carbocycles. The second-order valence-electron chi connectivity index (χ2n) is 12.3. The number of ether oxygens (including phenoxy) is 1. The van der Waals surface area contributed by atoms with E-state index in [0.29, 0.717) is 17.4 Å². The summed E-state index contributed by atoms with van der Waals surface area (Å²) in [5.41, 5.74) is 2.76. The first-order chi connectivity index (χ1) is 21.8. The van der Waals surface area contributed by atoms with Crippen LogP contribution in [0.4, 0.5) is 0 Å². The number of halogens is 1. The predicted molar refractivity (Wildman–Crippen MR) is 187 cm³/mol. The molecule has 0 bridgehead atoms. The van der Waals surface area contributed by atoms with E-state index in [4.69, 9.17) is 16.3 Å². The van der Waals surface area contributed by atoms with E-state index < -0.39 is 10.0 Å². The van der Waals surface area contributed by atoms with Gasteiger partial charge in [0.25, 0.3) is 0 Å². The van der Waals surface area contributed by atoms with Gasteiger partial charge in [0.15, 0.2) is 12.4 Å². The number of hydrogen-bond acceptors (Lipinski definition) is 3. The number of aryl methyl sites for hydroxylation is 2. The van der Waals surface area contributed by atoms with Gasteiger partial charge in [-0.15, -0.1) is 0 Å². The van der Waals surface area contributed by atoms with Gasteiger partial charge in [-0.3, -0.25) is 0 Å². The highest BCUT2D eigenvalue weighted by Crippen LogP contribution is 2.28. The van der Waals surface area contributed by atoms with Crippen LogP contribution in [0, 0.1) is 6.92 Å². The smallest absolute Gasteiger partial charge is 0.243 e. The summed E-state index contributed by atoms with van der Waals surface area (Å²) < 4.78 is 37.1. The fourth-order valence-electron chi connectivity index (χ4n) is 5.54. The van der Waals surface area contributed by atoms with Crippen LogP contribution < -0.4 is 9.30 Å². The van der Waals surface area contributed by atoms with Crippen molar-refractivity contribution in [3.63, 3.8) is 0 Å². The molecule has 0 unspecified atom stereocenters. The molecule has 0 aliphatic carbocycles. The van der Waals surface area contributed by atoms with Crippen LogP contribution in [-0.2, 0) is 29.7 Å². The van der Waals surface area contributed by atoms with Crippen LogP contribution in [0.25, 0.3) is 0 Å². The monoisotopic (exact) mass is 655 g/mol. The highest BCUT2D eigenvalue weighted by Gasteiger charge is 2.25. The van der Waals surface area contributed by atoms with Crippen LogP contribution in [0.3, 0.4) is 0 Å². The zero-order valence-corrected chi connectivity index (χ0v) is 29.6. The average molecular weight is 656 g/mol. The predicted octanol–water partition coefficient (Wildman–Crippen LogP) is 10.2. The lowest BCUT2D eigenvalue weighted by atomic mass is 10.0. The Morgan fingerprint density at radius 1 is 0.689 bits per heavy atom. The molecule has 7 heteroatoms. The molecule has 1 heterocycles. The number of hydrogen-bond donors (Lipinski definition) is 0. The Hall–Kier alpha value is -2.41. The summed E-state index contributed by atoms with van der Waals surface area (Å²) in [5.74, 6) is 0.648. The number of pyridine rings is 1. The van der Waals surface area contributed by atoms with Crippen molar-refractivity contribution in [3.8, 4) is 5.75 Å². The molecule has 3 aromatic rings. The molecule has 0 fully saturated rings. The Bertz CT molecular complexity index is 1340. The number of nitrogens with zero attached hydrogens (tertiary/aromatic N) is 2. The molecule has 0 aliphatic rings. The lowest BCUT2D eigenvalue weighted by Crippen LogP contribution is -2.33. The van der Waals surface area contributed by atoms with Crippen LogP contribution >= 0.6 is 11.6 Å². The summed E-state index contributed by atoms with van der Waals surface area (Å²) in [6.07, 6.45) is 22.5. The van der Waals surface area contributed by atoms with Crippen LogP contribution in [0.2, 0.25) is 5.02 Å². The second-order valence-corrected chi connectivity index (χ2v) is 14.7. The Balaban J connectivity index is 1.45. The molecule has 3 rings (SSSR count). The Labute approximate surface area is 279 Å². The standard InChI is InChI=1S/C38H56ClN2O3S/c1-4-6-7-8-9-10-11-12-13-14-15-16-17-18-29-44-38-24-21-35(30-37(38)39)32-41(31-34-25-27-40(5-2)28-26-34)45(42,43)36-22-19-33(3)20-23-36/h19-28,30H,4-18,29,31-32H2,1-3H3/q+1. The van der Waals surface area contributed by atoms with Crippen LogP contribution in [-0.4, -0.2) is 19.3 Å². The molecule has 0 spiro atoms. The third-order valence-corrected chi connectivity index (χ3v) is 10.6. The van der Waals surface area contributed by atoms with Crippen molar-refractivity contribution in [3.05, 3.63) is 88.7 Å². The van der Waals surface area contributed by atoms with Crippen LogP contribution in [0.15, 0.2) is 71.9 Å². The maximum atomic E-state index is 13.8. The molecule has 0 N–H and O–H groups in total. The Morgan fingerprint density at radius 2 is 1.22 bits per heavy atom. The largest absolute Gasteiger partial charge is 0.492 e. The van der Waals surface area contributed by atoms with Crippen molar-refractivity contribution >= 4 is 21.6 Å². The molecule has 0 atom stereocenters. The van der Waals surface area contributed by atoms with E-state index in [2.05, 4.69) is 18.4 Å². The zero-order valence-electron chi connectivity index (χ0n) is 28.0. The van der Waals surface area contributed by atoms with E-state index in [1.165, 1.54) is 81.4 Å². The van der Waals surface area contributed by atoms with Gasteiger partial charge in [0.05, 0.1) is 16.5 Å². The van der Waals surface area contributed by atoms with Gasteiger partial charge in [-0.2, -0.15) is 4.31 Å². The van der Waals surface area contributed by atoms with E-state index in [9.17, 15) is 8.42 Å². The van der Waals surface area contributed by atoms with E-state index in [1.54, 1.807) is 12.1 Å². The van der Waals surface area contributed by atoms with Crippen LogP contribution in [0.1, 0.15) is 120 Å². The normalized spacial score (nSPS) is 11.8. The summed E-state index contributed by atoms with van der Waals surface area (Å²) >= 11 is 6.62. The van der Waals surface area contributed by atoms with Crippen molar-refractivity contribution in [2.75, 3.05) is 6.61 Å². The molecule has 248 valence electrons. The Kier molecular flexibility index (Phi) is 17.0. The van der Waals surface area contributed by atoms with Gasteiger partial charge in [0, 0.05) is 25.2 Å². The van der Waals surface area contributed by atoms with Gasteiger partial charge >= 0.3 is 0 Å². The number of benzene rings is 2. The topological polar surface area (TPSA) is 50.5 Å². The molecule has 45 heavy (non-hydrogen) atoms. The number of unbranched alkanes of at least 4 members (excludes halogenated alkanes) is 13. The Morgan fingerprint density at radius 3 is 1.76 bits per heavy atom. The number of rotatable bonds is 23. The summed E-state index contributed by atoms with van der Waals surface area (Å²) in [6, 6.07) is 16.6. The third kappa shape index (κ3) is 13.5. The van der Waals surface area contributed by atoms with Gasteiger partial charge in [0.2, 0.25) is 10.0 Å². The first kappa shape index (κ1) is 37.1. The fourth-order valence-corrected chi connectivity index (χ4v) is 7.21. The van der Waals surface area contributed by atoms with Gasteiger partial charge in [-0.25, -0.2) is 13.0 Å². The number of aromatic nitrogens is 1. The van der Waals surface area contributed by atoms with E-state index in [-0.39, 0.29) is 18.0 Å². The van der Waals surface area contributed by atoms with Crippen molar-refractivity contribution in [1.29, 1.82) is 0 Å². The highest BCUT2D eigenvalue weighted by atomic mass is 35.5. The van der Waals surface area contributed by atoms with Gasteiger partial charge in [-0.05, 0) is 55.7 Å². The van der Waals surface area contributed by atoms with Crippen molar-refractivity contribution < 1.29 is 17.7 Å². The molecular formula is C38H56ClN2O3S+. The van der Waals surface area contributed by atoms with Crippen LogP contribution in [0.5, 0.6) is 5.75 Å². The molecular weight excluding hydrogens is 600 g/mol. The van der Waals surface area contributed by atoms with Crippen molar-refractivity contribution in [2.24, 2.45) is 0 Å². The minimum absolute atomic E-state index is 0.206. The van der Waals surface area contributed by atoms with Gasteiger partial charge < -0.3 is 4.74 Å². The zero-order chi connectivity index (χ0) is 32.3. The quantitative estimate of drug-likeness (QED) is 0.0754. The SMILES string of the molecule is CCCCCCCCCCCCCCCCOc1ccc(CN(Cc2cc[n+](CC)cc2)S(=O)(=O)c2ccc(C)cc2)cc1Cl. The highest BCUT2D eigenvalue weighted by molar-refractivity contribution is 7.89. The second kappa shape index (κ2) is 20.7. The average Bonchev–Trinajstić information content (AvgIpc) is 3.04. The summed E-state index contributed by atoms with van der Waals surface area (Å²) in [7, 11) is -3.74. The maximum Gasteiger partial charge on any atom is 0.243 e. The first-order valence-electron chi connectivity index (χ1n) is 17.3. The summed E-state index contributed by atoms with van der Waals surface area (Å²) in [6.45, 7) is 8.26. The van der Waals surface area contributed by atoms with E-state index >= 15 is 0 Å². The summed E-state index contributed by atoms with van der Waals surface area (Å²) in [5, 5.41) is 0.509. The van der Waals surface area contributed by atoms with E-state index in [0.717, 1.165) is 36.1 Å². The minimum atomic E-state index is -3.74. The summed E-state index contributed by atoms with van der Waals surface area (Å²) in [4.78, 5) is 0.284. The first-order valence-corrected chi connectivity index (χ1v) is 19.1. The fraction of sp³-hybridized carbons (Fsp3) is 0.553. The van der Waals surface area contributed by atoms with Crippen molar-refractivity contribution in [1.82, 2.24) is 4.31 Å².